The van der Waals surface area contributed by atoms with E-state index >= 15 is 0 Å². The largest absolute Gasteiger partial charge is 0.480 e. The summed E-state index contributed by atoms with van der Waals surface area (Å²) in [5, 5.41) is 8.91. The van der Waals surface area contributed by atoms with Crippen molar-refractivity contribution in [2.45, 2.75) is 38.8 Å². The molecule has 15 heavy (non-hydrogen) atoms. The molecule has 1 aliphatic heterocycles. The third kappa shape index (κ3) is 2.68. The summed E-state index contributed by atoms with van der Waals surface area (Å²) in [7, 11) is 0. The second kappa shape index (κ2) is 5.11. The summed E-state index contributed by atoms with van der Waals surface area (Å²) in [6.07, 6.45) is 0.747. The predicted molar refractivity (Wildman–Crippen MR) is 53.5 cm³/mol. The van der Waals surface area contributed by atoms with E-state index in [2.05, 4.69) is 0 Å². The van der Waals surface area contributed by atoms with Gasteiger partial charge >= 0.3 is 5.97 Å². The second-order valence-corrected chi connectivity index (χ2v) is 3.63. The zero-order chi connectivity index (χ0) is 11.4. The SMILES string of the molecule is CCOC(C)C(=O)N1CCCC1C(=O)O. The normalized spacial score (nSPS) is 22.8. The Kier molecular flexibility index (Phi) is 4.08. The molecule has 0 saturated carbocycles. The topological polar surface area (TPSA) is 66.8 Å². The van der Waals surface area contributed by atoms with Crippen LogP contribution in [0.15, 0.2) is 0 Å². The summed E-state index contributed by atoms with van der Waals surface area (Å²) < 4.78 is 5.16. The first kappa shape index (κ1) is 12.0. The van der Waals surface area contributed by atoms with Gasteiger partial charge in [0.15, 0.2) is 0 Å². The molecule has 1 saturated heterocycles. The first-order valence-electron chi connectivity index (χ1n) is 5.22. The van der Waals surface area contributed by atoms with Gasteiger partial charge < -0.3 is 14.7 Å². The highest BCUT2D eigenvalue weighted by Gasteiger charge is 2.35. The molecule has 1 N–H and O–H groups in total. The van der Waals surface area contributed by atoms with Crippen LogP contribution < -0.4 is 0 Å². The molecule has 1 rings (SSSR count). The van der Waals surface area contributed by atoms with E-state index in [9.17, 15) is 9.59 Å². The fourth-order valence-electron chi connectivity index (χ4n) is 1.84. The number of ether oxygens (including phenoxy) is 1. The minimum atomic E-state index is -0.926. The van der Waals surface area contributed by atoms with E-state index in [4.69, 9.17) is 9.84 Å². The lowest BCUT2D eigenvalue weighted by molar-refractivity contribution is -0.153. The number of aliphatic carboxylic acids is 1. The summed E-state index contributed by atoms with van der Waals surface area (Å²) in [5.41, 5.74) is 0. The Morgan fingerprint density at radius 2 is 2.27 bits per heavy atom. The highest BCUT2D eigenvalue weighted by atomic mass is 16.5. The Balaban J connectivity index is 2.62. The highest BCUT2D eigenvalue weighted by molar-refractivity contribution is 5.86. The fourth-order valence-corrected chi connectivity index (χ4v) is 1.84. The van der Waals surface area contributed by atoms with E-state index in [-0.39, 0.29) is 5.91 Å². The van der Waals surface area contributed by atoms with Gasteiger partial charge in [-0.2, -0.15) is 0 Å². The van der Waals surface area contributed by atoms with Crippen LogP contribution >= 0.6 is 0 Å². The van der Waals surface area contributed by atoms with Gasteiger partial charge in [0.2, 0.25) is 0 Å². The molecule has 2 unspecified atom stereocenters. The van der Waals surface area contributed by atoms with E-state index in [1.54, 1.807) is 6.92 Å². The maximum Gasteiger partial charge on any atom is 0.326 e. The van der Waals surface area contributed by atoms with Crippen molar-refractivity contribution >= 4 is 11.9 Å². The van der Waals surface area contributed by atoms with Crippen LogP contribution in [0.4, 0.5) is 0 Å². The van der Waals surface area contributed by atoms with Gasteiger partial charge in [-0.05, 0) is 26.7 Å². The number of rotatable bonds is 4. The number of carbonyl (C=O) groups excluding carboxylic acids is 1. The number of carbonyl (C=O) groups is 2. The zero-order valence-corrected chi connectivity index (χ0v) is 9.10. The van der Waals surface area contributed by atoms with Crippen molar-refractivity contribution in [3.8, 4) is 0 Å². The van der Waals surface area contributed by atoms with Gasteiger partial charge in [0.1, 0.15) is 12.1 Å². The second-order valence-electron chi connectivity index (χ2n) is 3.63. The Labute approximate surface area is 89.0 Å². The Morgan fingerprint density at radius 1 is 1.60 bits per heavy atom. The van der Waals surface area contributed by atoms with Crippen LogP contribution in [0.3, 0.4) is 0 Å². The molecule has 1 heterocycles. The Morgan fingerprint density at radius 3 is 2.80 bits per heavy atom. The van der Waals surface area contributed by atoms with E-state index in [0.29, 0.717) is 19.6 Å². The van der Waals surface area contributed by atoms with E-state index in [1.807, 2.05) is 6.92 Å². The average Bonchev–Trinajstić information content (AvgIpc) is 2.65. The Hall–Kier alpha value is -1.10. The predicted octanol–water partition coefficient (Wildman–Crippen LogP) is 0.487. The Bertz CT molecular complexity index is 254. The minimum absolute atomic E-state index is 0.221. The molecule has 5 nitrogen and oxygen atoms in total. The maximum absolute atomic E-state index is 11.8. The molecular formula is C10H17NO4. The van der Waals surface area contributed by atoms with Crippen molar-refractivity contribution in [1.29, 1.82) is 0 Å². The quantitative estimate of drug-likeness (QED) is 0.741. The van der Waals surface area contributed by atoms with Crippen LogP contribution in [-0.4, -0.2) is 47.2 Å². The van der Waals surface area contributed by atoms with Crippen LogP contribution in [0.25, 0.3) is 0 Å². The molecule has 0 radical (unpaired) electrons. The molecule has 5 heteroatoms. The van der Waals surface area contributed by atoms with Gasteiger partial charge in [-0.3, -0.25) is 4.79 Å². The smallest absolute Gasteiger partial charge is 0.326 e. The highest BCUT2D eigenvalue weighted by Crippen LogP contribution is 2.18. The van der Waals surface area contributed by atoms with Gasteiger partial charge in [0.05, 0.1) is 0 Å². The molecule has 2 atom stereocenters. The molecule has 1 amide bonds. The minimum Gasteiger partial charge on any atom is -0.480 e. The molecule has 0 aromatic heterocycles. The van der Waals surface area contributed by atoms with Crippen molar-refractivity contribution in [1.82, 2.24) is 4.90 Å². The molecule has 1 fully saturated rings. The van der Waals surface area contributed by atoms with Crippen molar-refractivity contribution in [2.75, 3.05) is 13.2 Å². The molecule has 86 valence electrons. The molecule has 0 aromatic carbocycles. The van der Waals surface area contributed by atoms with Crippen LogP contribution in [-0.2, 0) is 14.3 Å². The first-order valence-corrected chi connectivity index (χ1v) is 5.22. The van der Waals surface area contributed by atoms with Crippen molar-refractivity contribution in [2.24, 2.45) is 0 Å². The summed E-state index contributed by atoms with van der Waals surface area (Å²) in [6.45, 7) is 4.44. The maximum atomic E-state index is 11.8. The summed E-state index contributed by atoms with van der Waals surface area (Å²) in [4.78, 5) is 24.1. The van der Waals surface area contributed by atoms with Crippen molar-refractivity contribution in [3.63, 3.8) is 0 Å². The summed E-state index contributed by atoms with van der Waals surface area (Å²) in [6, 6.07) is -0.666. The number of amides is 1. The van der Waals surface area contributed by atoms with Crippen LogP contribution in [0.5, 0.6) is 0 Å². The van der Waals surface area contributed by atoms with E-state index < -0.39 is 18.1 Å². The van der Waals surface area contributed by atoms with Crippen molar-refractivity contribution in [3.05, 3.63) is 0 Å². The first-order chi connectivity index (χ1) is 7.07. The lowest BCUT2D eigenvalue weighted by Crippen LogP contribution is -2.45. The van der Waals surface area contributed by atoms with Crippen LogP contribution in [0, 0.1) is 0 Å². The molecule has 0 aliphatic carbocycles. The van der Waals surface area contributed by atoms with Gasteiger partial charge in [-0.1, -0.05) is 0 Å². The van der Waals surface area contributed by atoms with Gasteiger partial charge in [0.25, 0.3) is 5.91 Å². The van der Waals surface area contributed by atoms with Crippen LogP contribution in [0.2, 0.25) is 0 Å². The fraction of sp³-hybridized carbons (Fsp3) is 0.800. The third-order valence-corrected chi connectivity index (χ3v) is 2.59. The lowest BCUT2D eigenvalue weighted by Gasteiger charge is -2.24. The van der Waals surface area contributed by atoms with Gasteiger partial charge in [-0.25, -0.2) is 4.79 Å². The summed E-state index contributed by atoms with van der Waals surface area (Å²) >= 11 is 0. The molecule has 0 aromatic rings. The van der Waals surface area contributed by atoms with E-state index in [1.165, 1.54) is 4.90 Å². The van der Waals surface area contributed by atoms with E-state index in [0.717, 1.165) is 6.42 Å². The molecule has 1 aliphatic rings. The number of carboxylic acids is 1. The standard InChI is InChI=1S/C10H17NO4/c1-3-15-7(2)9(12)11-6-4-5-8(11)10(13)14/h7-8H,3-6H2,1-2H3,(H,13,14). The third-order valence-electron chi connectivity index (χ3n) is 2.59. The van der Waals surface area contributed by atoms with Crippen LogP contribution in [0.1, 0.15) is 26.7 Å². The zero-order valence-electron chi connectivity index (χ0n) is 9.10. The lowest BCUT2D eigenvalue weighted by atomic mass is 10.2. The number of hydrogen-bond donors (Lipinski definition) is 1. The monoisotopic (exact) mass is 215 g/mol. The summed E-state index contributed by atoms with van der Waals surface area (Å²) in [5.74, 6) is -1.15. The average molecular weight is 215 g/mol. The number of nitrogens with zero attached hydrogens (tertiary/aromatic N) is 1. The number of carboxylic acid groups (broad SMARTS) is 1. The number of hydrogen-bond acceptors (Lipinski definition) is 3. The molecule has 0 bridgehead atoms. The van der Waals surface area contributed by atoms with Crippen molar-refractivity contribution < 1.29 is 19.4 Å². The number of likely N-dealkylation sites (tertiary alicyclic amines) is 1. The van der Waals surface area contributed by atoms with Gasteiger partial charge in [-0.15, -0.1) is 0 Å². The van der Waals surface area contributed by atoms with Gasteiger partial charge in [0, 0.05) is 13.2 Å². The molecule has 0 spiro atoms. The molecular weight excluding hydrogens is 198 g/mol.